The van der Waals surface area contributed by atoms with Crippen molar-refractivity contribution in [2.45, 2.75) is 20.5 Å². The fourth-order valence-corrected chi connectivity index (χ4v) is 3.84. The van der Waals surface area contributed by atoms with Gasteiger partial charge in [0.2, 0.25) is 0 Å². The second-order valence-electron chi connectivity index (χ2n) is 7.48. The maximum atomic E-state index is 12.1. The number of carbonyl (C=O) groups excluding carboxylic acids is 2. The molecule has 3 aromatic rings. The minimum absolute atomic E-state index is 0.325. The Kier molecular flexibility index (Phi) is 8.67. The highest BCUT2D eigenvalue weighted by Crippen LogP contribution is 2.37. The Morgan fingerprint density at radius 1 is 1.03 bits per heavy atom. The van der Waals surface area contributed by atoms with Crippen LogP contribution in [0.1, 0.15) is 22.3 Å². The van der Waals surface area contributed by atoms with Gasteiger partial charge in [-0.05, 0) is 88.4 Å². The predicted molar refractivity (Wildman–Crippen MR) is 137 cm³/mol. The third-order valence-electron chi connectivity index (χ3n) is 4.61. The van der Waals surface area contributed by atoms with Crippen molar-refractivity contribution in [3.8, 4) is 11.5 Å². The molecule has 0 unspecified atom stereocenters. The second-order valence-corrected chi connectivity index (χ2v) is 8.77. The van der Waals surface area contributed by atoms with Crippen LogP contribution in [0.3, 0.4) is 0 Å². The van der Waals surface area contributed by atoms with Crippen molar-refractivity contribution in [1.29, 1.82) is 0 Å². The number of methoxy groups -OCH3 is 1. The standard InChI is InChI=1S/C25H23BrClN3O4/c1-15-8-16(2)10-20(9-15)29-24(31)25(32)30-28-13-18-11-21(26)23(22(12-18)33-3)34-14-17-4-6-19(27)7-5-17/h4-13H,14H2,1-3H3,(H,29,31)(H,30,32)/b28-13+. The van der Waals surface area contributed by atoms with Crippen LogP contribution in [-0.4, -0.2) is 25.1 Å². The van der Waals surface area contributed by atoms with Gasteiger partial charge in [-0.1, -0.05) is 29.8 Å². The molecule has 2 N–H and O–H groups in total. The Morgan fingerprint density at radius 3 is 2.35 bits per heavy atom. The molecule has 9 heteroatoms. The molecule has 2 amide bonds. The maximum absolute atomic E-state index is 12.1. The highest BCUT2D eigenvalue weighted by Gasteiger charge is 2.14. The number of carbonyl (C=O) groups is 2. The Labute approximate surface area is 211 Å². The molecule has 0 saturated carbocycles. The number of hydrogen-bond acceptors (Lipinski definition) is 5. The number of halogens is 2. The number of benzene rings is 3. The van der Waals surface area contributed by atoms with Crippen LogP contribution in [0.15, 0.2) is 64.2 Å². The van der Waals surface area contributed by atoms with Crippen LogP contribution in [0.25, 0.3) is 0 Å². The molecule has 0 fully saturated rings. The van der Waals surface area contributed by atoms with Gasteiger partial charge in [0.25, 0.3) is 0 Å². The Hall–Kier alpha value is -3.36. The number of anilines is 1. The summed E-state index contributed by atoms with van der Waals surface area (Å²) >= 11 is 9.39. The van der Waals surface area contributed by atoms with E-state index in [-0.39, 0.29) is 0 Å². The van der Waals surface area contributed by atoms with Crippen molar-refractivity contribution in [2.75, 3.05) is 12.4 Å². The Balaban J connectivity index is 1.62. The van der Waals surface area contributed by atoms with Crippen molar-refractivity contribution < 1.29 is 19.1 Å². The molecule has 0 atom stereocenters. The molecule has 0 saturated heterocycles. The molecular weight excluding hydrogens is 522 g/mol. The van der Waals surface area contributed by atoms with E-state index in [1.807, 2.05) is 32.0 Å². The topological polar surface area (TPSA) is 89.0 Å². The number of nitrogens with zero attached hydrogens (tertiary/aromatic N) is 1. The van der Waals surface area contributed by atoms with Crippen molar-refractivity contribution in [1.82, 2.24) is 5.43 Å². The zero-order valence-electron chi connectivity index (χ0n) is 18.8. The summed E-state index contributed by atoms with van der Waals surface area (Å²) < 4.78 is 12.0. The van der Waals surface area contributed by atoms with Gasteiger partial charge in [-0.25, -0.2) is 5.43 Å². The average molecular weight is 545 g/mol. The molecule has 0 bridgehead atoms. The molecule has 0 spiro atoms. The van der Waals surface area contributed by atoms with Crippen LogP contribution in [0, 0.1) is 13.8 Å². The molecule has 176 valence electrons. The van der Waals surface area contributed by atoms with E-state index in [2.05, 4.69) is 31.8 Å². The van der Waals surface area contributed by atoms with E-state index in [1.165, 1.54) is 13.3 Å². The number of nitrogens with one attached hydrogen (secondary N) is 2. The molecule has 0 heterocycles. The largest absolute Gasteiger partial charge is 0.493 e. The fourth-order valence-electron chi connectivity index (χ4n) is 3.14. The number of amides is 2. The Bertz CT molecular complexity index is 1210. The quantitative estimate of drug-likeness (QED) is 0.237. The van der Waals surface area contributed by atoms with Gasteiger partial charge in [-0.15, -0.1) is 0 Å². The van der Waals surface area contributed by atoms with E-state index in [4.69, 9.17) is 21.1 Å². The molecule has 7 nitrogen and oxygen atoms in total. The lowest BCUT2D eigenvalue weighted by Crippen LogP contribution is -2.32. The van der Waals surface area contributed by atoms with Gasteiger partial charge in [0, 0.05) is 10.7 Å². The summed E-state index contributed by atoms with van der Waals surface area (Å²) in [6.45, 7) is 4.14. The molecule has 3 rings (SSSR count). The SMILES string of the molecule is COc1cc(/C=N/NC(=O)C(=O)Nc2cc(C)cc(C)c2)cc(Br)c1OCc1ccc(Cl)cc1. The first kappa shape index (κ1) is 25.3. The third-order valence-corrected chi connectivity index (χ3v) is 5.45. The van der Waals surface area contributed by atoms with Gasteiger partial charge in [-0.3, -0.25) is 9.59 Å². The number of ether oxygens (including phenoxy) is 2. The molecule has 0 aromatic heterocycles. The van der Waals surface area contributed by atoms with Gasteiger partial charge < -0.3 is 14.8 Å². The third kappa shape index (κ3) is 7.07. The molecule has 0 aliphatic heterocycles. The van der Waals surface area contributed by atoms with Crippen LogP contribution in [-0.2, 0) is 16.2 Å². The number of aryl methyl sites for hydroxylation is 2. The normalized spacial score (nSPS) is 10.7. The summed E-state index contributed by atoms with van der Waals surface area (Å²) in [7, 11) is 1.52. The van der Waals surface area contributed by atoms with E-state index in [1.54, 1.807) is 36.4 Å². The molecular formula is C25H23BrClN3O4. The first-order chi connectivity index (χ1) is 16.2. The number of hydrogen-bond donors (Lipinski definition) is 2. The van der Waals surface area contributed by atoms with Crippen LogP contribution < -0.4 is 20.2 Å². The smallest absolute Gasteiger partial charge is 0.329 e. The van der Waals surface area contributed by atoms with E-state index in [0.717, 1.165) is 16.7 Å². The summed E-state index contributed by atoms with van der Waals surface area (Å²) in [6.07, 6.45) is 1.40. The average Bonchev–Trinajstić information content (AvgIpc) is 2.78. The maximum Gasteiger partial charge on any atom is 0.329 e. The van der Waals surface area contributed by atoms with Crippen LogP contribution in [0.4, 0.5) is 5.69 Å². The second kappa shape index (κ2) is 11.7. The number of rotatable bonds is 7. The summed E-state index contributed by atoms with van der Waals surface area (Å²) in [6, 6.07) is 16.3. The van der Waals surface area contributed by atoms with Crippen molar-refractivity contribution >= 4 is 51.2 Å². The summed E-state index contributed by atoms with van der Waals surface area (Å²) in [5.74, 6) is -0.702. The fraction of sp³-hybridized carbons (Fsp3) is 0.160. The van der Waals surface area contributed by atoms with E-state index < -0.39 is 11.8 Å². The number of hydrazone groups is 1. The minimum atomic E-state index is -0.885. The van der Waals surface area contributed by atoms with E-state index >= 15 is 0 Å². The first-order valence-corrected chi connectivity index (χ1v) is 11.4. The van der Waals surface area contributed by atoms with Gasteiger partial charge in [0.15, 0.2) is 11.5 Å². The molecule has 3 aromatic carbocycles. The highest BCUT2D eigenvalue weighted by atomic mass is 79.9. The van der Waals surface area contributed by atoms with E-state index in [0.29, 0.717) is 38.9 Å². The zero-order valence-corrected chi connectivity index (χ0v) is 21.2. The van der Waals surface area contributed by atoms with Crippen LogP contribution in [0.2, 0.25) is 5.02 Å². The first-order valence-electron chi connectivity index (χ1n) is 10.2. The highest BCUT2D eigenvalue weighted by molar-refractivity contribution is 9.10. The van der Waals surface area contributed by atoms with Crippen molar-refractivity contribution in [2.24, 2.45) is 5.10 Å². The van der Waals surface area contributed by atoms with E-state index in [9.17, 15) is 9.59 Å². The van der Waals surface area contributed by atoms with Crippen LogP contribution >= 0.6 is 27.5 Å². The summed E-state index contributed by atoms with van der Waals surface area (Å²) in [5.41, 5.74) is 6.30. The van der Waals surface area contributed by atoms with Crippen molar-refractivity contribution in [3.63, 3.8) is 0 Å². The van der Waals surface area contributed by atoms with Gasteiger partial charge in [-0.2, -0.15) is 5.10 Å². The molecule has 0 aliphatic carbocycles. The lowest BCUT2D eigenvalue weighted by molar-refractivity contribution is -0.136. The van der Waals surface area contributed by atoms with Gasteiger partial charge >= 0.3 is 11.8 Å². The van der Waals surface area contributed by atoms with Gasteiger partial charge in [0.1, 0.15) is 6.61 Å². The monoisotopic (exact) mass is 543 g/mol. The lowest BCUT2D eigenvalue weighted by atomic mass is 10.1. The molecule has 0 aliphatic rings. The molecule has 0 radical (unpaired) electrons. The minimum Gasteiger partial charge on any atom is -0.493 e. The lowest BCUT2D eigenvalue weighted by Gasteiger charge is -2.13. The zero-order chi connectivity index (χ0) is 24.7. The summed E-state index contributed by atoms with van der Waals surface area (Å²) in [5, 5.41) is 7.09. The van der Waals surface area contributed by atoms with Crippen molar-refractivity contribution in [3.05, 3.63) is 86.3 Å². The van der Waals surface area contributed by atoms with Crippen LogP contribution in [0.5, 0.6) is 11.5 Å². The Morgan fingerprint density at radius 2 is 1.71 bits per heavy atom. The van der Waals surface area contributed by atoms with Gasteiger partial charge in [0.05, 0.1) is 17.8 Å². The predicted octanol–water partition coefficient (Wildman–Crippen LogP) is 5.40. The summed E-state index contributed by atoms with van der Waals surface area (Å²) in [4.78, 5) is 24.2. The molecule has 34 heavy (non-hydrogen) atoms.